The number of allylic oxidation sites excluding steroid dienone is 1. The maximum atomic E-state index is 12.1. The summed E-state index contributed by atoms with van der Waals surface area (Å²) in [5.41, 5.74) is 1.17. The average molecular weight is 324 g/mol. The van der Waals surface area contributed by atoms with Gasteiger partial charge in [-0.3, -0.25) is 4.79 Å². The molecule has 1 heterocycles. The van der Waals surface area contributed by atoms with Gasteiger partial charge < -0.3 is 10.1 Å². The van der Waals surface area contributed by atoms with Crippen LogP contribution in [0.25, 0.3) is 0 Å². The third-order valence-electron chi connectivity index (χ3n) is 3.12. The number of amides is 1. The van der Waals surface area contributed by atoms with Crippen molar-refractivity contribution in [2.24, 2.45) is 0 Å². The molecule has 5 nitrogen and oxygen atoms in total. The van der Waals surface area contributed by atoms with E-state index in [2.05, 4.69) is 28.9 Å². The molecule has 0 aliphatic rings. The first kappa shape index (κ1) is 18.4. The Hall–Kier alpha value is -1.69. The molecule has 6 heteroatoms. The van der Waals surface area contributed by atoms with Crippen molar-refractivity contribution in [1.82, 2.24) is 10.3 Å². The monoisotopic (exact) mass is 324 g/mol. The molecule has 0 saturated carbocycles. The van der Waals surface area contributed by atoms with E-state index in [1.807, 2.05) is 6.92 Å². The zero-order valence-corrected chi connectivity index (χ0v) is 14.5. The van der Waals surface area contributed by atoms with Crippen LogP contribution in [0.15, 0.2) is 17.8 Å². The highest BCUT2D eigenvalue weighted by Crippen LogP contribution is 2.20. The molecule has 1 N–H and O–H groups in total. The number of hydrogen-bond acceptors (Lipinski definition) is 5. The first-order chi connectivity index (χ1) is 10.5. The maximum absolute atomic E-state index is 12.1. The van der Waals surface area contributed by atoms with E-state index in [1.54, 1.807) is 6.08 Å². The van der Waals surface area contributed by atoms with Gasteiger partial charge in [-0.25, -0.2) is 9.78 Å². The van der Waals surface area contributed by atoms with Crippen molar-refractivity contribution >= 4 is 23.2 Å². The summed E-state index contributed by atoms with van der Waals surface area (Å²) in [6.07, 6.45) is 7.12. The van der Waals surface area contributed by atoms with Gasteiger partial charge in [-0.1, -0.05) is 32.3 Å². The number of aromatic nitrogens is 1. The third kappa shape index (κ3) is 5.60. The number of carbonyl (C=O) groups is 2. The lowest BCUT2D eigenvalue weighted by Gasteiger charge is -2.10. The van der Waals surface area contributed by atoms with Crippen LogP contribution in [0.2, 0.25) is 0 Å². The Morgan fingerprint density at radius 1 is 1.36 bits per heavy atom. The van der Waals surface area contributed by atoms with Crippen molar-refractivity contribution in [2.45, 2.75) is 52.5 Å². The second-order valence-corrected chi connectivity index (χ2v) is 6.15. The highest BCUT2D eigenvalue weighted by atomic mass is 32.1. The molecule has 1 amide bonds. The van der Waals surface area contributed by atoms with Crippen LogP contribution in [0.3, 0.4) is 0 Å². The molecule has 0 spiro atoms. The normalized spacial score (nSPS) is 11.6. The standard InChI is InChI=1S/C16H24N2O3S/c1-5-7-12(8-6-2)9-14(19)18-11(3)15-17-10-13(22-15)16(20)21-4/h9-11H,5-8H2,1-4H3,(H,18,19)/t11-/m0/s1. The summed E-state index contributed by atoms with van der Waals surface area (Å²) in [6.45, 7) is 6.06. The minimum atomic E-state index is -0.407. The number of hydrogen-bond donors (Lipinski definition) is 1. The molecule has 0 aliphatic carbocycles. The van der Waals surface area contributed by atoms with Gasteiger partial charge in [0, 0.05) is 6.08 Å². The van der Waals surface area contributed by atoms with E-state index in [-0.39, 0.29) is 11.9 Å². The SMILES string of the molecule is CCCC(=CC(=O)N[C@@H](C)c1ncc(C(=O)OC)s1)CCC. The topological polar surface area (TPSA) is 68.3 Å². The number of nitrogens with one attached hydrogen (secondary N) is 1. The van der Waals surface area contributed by atoms with Gasteiger partial charge in [0.15, 0.2) is 0 Å². The van der Waals surface area contributed by atoms with Crippen LogP contribution in [0.5, 0.6) is 0 Å². The molecule has 0 aliphatic heterocycles. The van der Waals surface area contributed by atoms with Crippen LogP contribution < -0.4 is 5.32 Å². The van der Waals surface area contributed by atoms with E-state index in [9.17, 15) is 9.59 Å². The molecule has 1 rings (SSSR count). The first-order valence-corrected chi connectivity index (χ1v) is 8.37. The summed E-state index contributed by atoms with van der Waals surface area (Å²) in [6, 6.07) is -0.239. The molecule has 1 aromatic heterocycles. The van der Waals surface area contributed by atoms with Gasteiger partial charge in [-0.05, 0) is 19.8 Å². The fourth-order valence-electron chi connectivity index (χ4n) is 2.10. The molecule has 0 saturated heterocycles. The highest BCUT2D eigenvalue weighted by molar-refractivity contribution is 7.13. The Labute approximate surface area is 135 Å². The van der Waals surface area contributed by atoms with Crippen molar-refractivity contribution in [1.29, 1.82) is 0 Å². The van der Waals surface area contributed by atoms with E-state index >= 15 is 0 Å². The Morgan fingerprint density at radius 2 is 2.00 bits per heavy atom. The largest absolute Gasteiger partial charge is 0.465 e. The van der Waals surface area contributed by atoms with Crippen LogP contribution in [-0.2, 0) is 9.53 Å². The average Bonchev–Trinajstić information content (AvgIpc) is 2.96. The van der Waals surface area contributed by atoms with Gasteiger partial charge in [-0.15, -0.1) is 11.3 Å². The maximum Gasteiger partial charge on any atom is 0.349 e. The van der Waals surface area contributed by atoms with Gasteiger partial charge in [0.1, 0.15) is 9.88 Å². The predicted octanol–water partition coefficient (Wildman–Crippen LogP) is 3.63. The number of nitrogens with zero attached hydrogens (tertiary/aromatic N) is 1. The number of thiazole rings is 1. The fraction of sp³-hybridized carbons (Fsp3) is 0.562. The van der Waals surface area contributed by atoms with Crippen molar-refractivity contribution in [3.63, 3.8) is 0 Å². The molecule has 0 aromatic carbocycles. The second kappa shape index (κ2) is 9.35. The summed E-state index contributed by atoms with van der Waals surface area (Å²) >= 11 is 1.23. The number of esters is 1. The molecule has 0 unspecified atom stereocenters. The smallest absolute Gasteiger partial charge is 0.349 e. The quantitative estimate of drug-likeness (QED) is 0.585. The van der Waals surface area contributed by atoms with Crippen molar-refractivity contribution in [3.8, 4) is 0 Å². The molecule has 0 fully saturated rings. The third-order valence-corrected chi connectivity index (χ3v) is 4.28. The molecule has 0 radical (unpaired) electrons. The number of rotatable bonds is 8. The number of carbonyl (C=O) groups excluding carboxylic acids is 2. The zero-order valence-electron chi connectivity index (χ0n) is 13.6. The molecule has 1 aromatic rings. The van der Waals surface area contributed by atoms with Gasteiger partial charge >= 0.3 is 5.97 Å². The van der Waals surface area contributed by atoms with Crippen molar-refractivity contribution < 1.29 is 14.3 Å². The molecule has 122 valence electrons. The lowest BCUT2D eigenvalue weighted by atomic mass is 10.1. The Kier molecular flexibility index (Phi) is 7.80. The Bertz CT molecular complexity index is 529. The minimum Gasteiger partial charge on any atom is -0.465 e. The molecular weight excluding hydrogens is 300 g/mol. The summed E-state index contributed by atoms with van der Waals surface area (Å²) < 4.78 is 4.65. The summed E-state index contributed by atoms with van der Waals surface area (Å²) in [5, 5.41) is 3.58. The minimum absolute atomic E-state index is 0.112. The Balaban J connectivity index is 2.68. The van der Waals surface area contributed by atoms with Crippen molar-refractivity contribution in [2.75, 3.05) is 7.11 Å². The van der Waals surface area contributed by atoms with Gasteiger partial charge in [-0.2, -0.15) is 0 Å². The van der Waals surface area contributed by atoms with E-state index in [0.717, 1.165) is 25.7 Å². The summed E-state index contributed by atoms with van der Waals surface area (Å²) in [5.74, 6) is -0.519. The van der Waals surface area contributed by atoms with E-state index in [1.165, 1.54) is 30.2 Å². The van der Waals surface area contributed by atoms with Gasteiger partial charge in [0.05, 0.1) is 19.3 Å². The van der Waals surface area contributed by atoms with Crippen LogP contribution in [0, 0.1) is 0 Å². The van der Waals surface area contributed by atoms with Crippen LogP contribution in [-0.4, -0.2) is 24.0 Å². The zero-order chi connectivity index (χ0) is 16.5. The highest BCUT2D eigenvalue weighted by Gasteiger charge is 2.16. The number of methoxy groups -OCH3 is 1. The lowest BCUT2D eigenvalue weighted by molar-refractivity contribution is -0.117. The molecular formula is C16H24N2O3S. The summed E-state index contributed by atoms with van der Waals surface area (Å²) in [4.78, 5) is 28.1. The first-order valence-electron chi connectivity index (χ1n) is 7.55. The van der Waals surface area contributed by atoms with E-state index in [0.29, 0.717) is 9.88 Å². The second-order valence-electron chi connectivity index (χ2n) is 5.09. The van der Waals surface area contributed by atoms with Crippen LogP contribution in [0.1, 0.15) is 67.2 Å². The predicted molar refractivity (Wildman–Crippen MR) is 87.9 cm³/mol. The van der Waals surface area contributed by atoms with Crippen molar-refractivity contribution in [3.05, 3.63) is 27.7 Å². The van der Waals surface area contributed by atoms with Gasteiger partial charge in [0.2, 0.25) is 5.91 Å². The fourth-order valence-corrected chi connectivity index (χ4v) is 2.94. The summed E-state index contributed by atoms with van der Waals surface area (Å²) in [7, 11) is 1.33. The molecule has 22 heavy (non-hydrogen) atoms. The Morgan fingerprint density at radius 3 is 2.55 bits per heavy atom. The number of ether oxygens (including phenoxy) is 1. The van der Waals surface area contributed by atoms with E-state index in [4.69, 9.17) is 0 Å². The lowest BCUT2D eigenvalue weighted by Crippen LogP contribution is -2.25. The van der Waals surface area contributed by atoms with E-state index < -0.39 is 5.97 Å². The van der Waals surface area contributed by atoms with Crippen LogP contribution >= 0.6 is 11.3 Å². The van der Waals surface area contributed by atoms with Crippen LogP contribution in [0.4, 0.5) is 0 Å². The van der Waals surface area contributed by atoms with Gasteiger partial charge in [0.25, 0.3) is 0 Å². The molecule has 1 atom stereocenters. The molecule has 0 bridgehead atoms.